The molecule has 2 aliphatic rings. The van der Waals surface area contributed by atoms with Crippen molar-refractivity contribution in [1.29, 1.82) is 0 Å². The summed E-state index contributed by atoms with van der Waals surface area (Å²) in [6.45, 7) is 0.0363. The van der Waals surface area contributed by atoms with Gasteiger partial charge in [0.05, 0.1) is 12.7 Å². The number of thiophene rings is 1. The zero-order valence-corrected chi connectivity index (χ0v) is 12.6. The van der Waals surface area contributed by atoms with Gasteiger partial charge in [-0.25, -0.2) is 0 Å². The van der Waals surface area contributed by atoms with Crippen LogP contribution in [0.15, 0.2) is 11.4 Å². The zero-order valence-electron chi connectivity index (χ0n) is 11.8. The molecule has 5 heteroatoms. The lowest BCUT2D eigenvalue weighted by atomic mass is 9.99. The van der Waals surface area contributed by atoms with Crippen molar-refractivity contribution < 1.29 is 15.0 Å². The van der Waals surface area contributed by atoms with Gasteiger partial charge in [0.1, 0.15) is 4.88 Å². The van der Waals surface area contributed by atoms with Gasteiger partial charge >= 0.3 is 0 Å². The minimum atomic E-state index is -0.265. The Hall–Kier alpha value is -1.35. The van der Waals surface area contributed by atoms with Crippen molar-refractivity contribution in [2.24, 2.45) is 0 Å². The van der Waals surface area contributed by atoms with Crippen LogP contribution in [0.1, 0.15) is 47.3 Å². The van der Waals surface area contributed by atoms with Crippen LogP contribution in [0.4, 0.5) is 0 Å². The first-order valence-corrected chi connectivity index (χ1v) is 8.26. The summed E-state index contributed by atoms with van der Waals surface area (Å²) in [5, 5.41) is 20.5. The Morgan fingerprint density at radius 1 is 1.38 bits per heavy atom. The molecular formula is C16H19NO3S. The molecule has 3 heterocycles. The minimum absolute atomic E-state index is 0.0363. The van der Waals surface area contributed by atoms with Crippen LogP contribution in [-0.2, 0) is 0 Å². The van der Waals surface area contributed by atoms with E-state index in [9.17, 15) is 9.90 Å². The number of aliphatic hydroxyl groups is 2. The first-order chi connectivity index (χ1) is 10.2. The van der Waals surface area contributed by atoms with E-state index in [0.717, 1.165) is 18.4 Å². The summed E-state index contributed by atoms with van der Waals surface area (Å²) in [6.07, 6.45) is 3.52. The van der Waals surface area contributed by atoms with E-state index in [1.54, 1.807) is 0 Å². The van der Waals surface area contributed by atoms with Crippen molar-refractivity contribution in [3.8, 4) is 11.8 Å². The highest BCUT2D eigenvalue weighted by Gasteiger charge is 2.43. The Bertz CT molecular complexity index is 572. The largest absolute Gasteiger partial charge is 0.395 e. The topological polar surface area (TPSA) is 60.8 Å². The van der Waals surface area contributed by atoms with Crippen molar-refractivity contribution >= 4 is 17.2 Å². The lowest BCUT2D eigenvalue weighted by Gasteiger charge is -2.37. The van der Waals surface area contributed by atoms with Gasteiger partial charge in [-0.05, 0) is 37.1 Å². The van der Waals surface area contributed by atoms with Crippen LogP contribution < -0.4 is 0 Å². The van der Waals surface area contributed by atoms with Gasteiger partial charge in [0.2, 0.25) is 0 Å². The van der Waals surface area contributed by atoms with Gasteiger partial charge in [0.25, 0.3) is 5.91 Å². The number of carbonyl (C=O) groups is 1. The lowest BCUT2D eigenvalue weighted by Crippen LogP contribution is -2.47. The Kier molecular flexibility index (Phi) is 4.29. The summed E-state index contributed by atoms with van der Waals surface area (Å²) in [4.78, 5) is 15.5. The average Bonchev–Trinajstić information content (AvgIpc) is 3.02. The Labute approximate surface area is 128 Å². The molecule has 1 aromatic heterocycles. The fourth-order valence-electron chi connectivity index (χ4n) is 3.38. The minimum Gasteiger partial charge on any atom is -0.395 e. The van der Waals surface area contributed by atoms with Crippen LogP contribution in [0, 0.1) is 11.8 Å². The standard InChI is InChI=1S/C16H19NO3S/c18-7-2-1-3-11-6-8-21-15(11)16(20)17-12-4-5-13(17)10-14(19)9-12/h6,8,12-14,18-19H,2,4-5,7,9-10H2. The maximum atomic E-state index is 12.8. The van der Waals surface area contributed by atoms with Crippen LogP contribution in [0.3, 0.4) is 0 Å². The van der Waals surface area contributed by atoms with Crippen LogP contribution in [-0.4, -0.2) is 45.8 Å². The fourth-order valence-corrected chi connectivity index (χ4v) is 4.18. The third-order valence-electron chi connectivity index (χ3n) is 4.26. The molecule has 0 spiro atoms. The van der Waals surface area contributed by atoms with Crippen molar-refractivity contribution in [2.45, 2.75) is 50.3 Å². The summed E-state index contributed by atoms with van der Waals surface area (Å²) in [5.41, 5.74) is 0.754. The monoisotopic (exact) mass is 305 g/mol. The van der Waals surface area contributed by atoms with Gasteiger partial charge in [-0.2, -0.15) is 0 Å². The number of nitrogens with zero attached hydrogens (tertiary/aromatic N) is 1. The number of amides is 1. The van der Waals surface area contributed by atoms with Gasteiger partial charge in [0.15, 0.2) is 0 Å². The molecule has 0 aliphatic carbocycles. The highest BCUT2D eigenvalue weighted by Crippen LogP contribution is 2.37. The van der Waals surface area contributed by atoms with Gasteiger partial charge < -0.3 is 15.1 Å². The van der Waals surface area contributed by atoms with Crippen LogP contribution >= 0.6 is 11.3 Å². The SMILES string of the molecule is O=C(c1sccc1C#CCCO)N1C2CCC1CC(O)C2. The average molecular weight is 305 g/mol. The first-order valence-electron chi connectivity index (χ1n) is 7.38. The first kappa shape index (κ1) is 14.6. The summed E-state index contributed by atoms with van der Waals surface area (Å²) >= 11 is 1.42. The summed E-state index contributed by atoms with van der Waals surface area (Å²) < 4.78 is 0. The molecule has 2 aliphatic heterocycles. The van der Waals surface area contributed by atoms with Crippen molar-refractivity contribution in [3.05, 3.63) is 21.9 Å². The molecule has 4 nitrogen and oxygen atoms in total. The number of fused-ring (bicyclic) bond motifs is 2. The molecule has 0 aromatic carbocycles. The normalized spacial score (nSPS) is 27.3. The number of rotatable bonds is 2. The summed E-state index contributed by atoms with van der Waals surface area (Å²) in [6, 6.07) is 2.21. The molecule has 112 valence electrons. The quantitative estimate of drug-likeness (QED) is 0.816. The second kappa shape index (κ2) is 6.18. The molecule has 2 saturated heterocycles. The highest BCUT2D eigenvalue weighted by molar-refractivity contribution is 7.12. The molecule has 1 amide bonds. The van der Waals surface area contributed by atoms with Gasteiger partial charge in [-0.15, -0.1) is 11.3 Å². The Balaban J connectivity index is 1.81. The molecule has 2 unspecified atom stereocenters. The molecular weight excluding hydrogens is 286 g/mol. The molecule has 2 fully saturated rings. The van der Waals surface area contributed by atoms with E-state index in [4.69, 9.17) is 5.11 Å². The molecule has 2 bridgehead atoms. The predicted molar refractivity (Wildman–Crippen MR) is 81.1 cm³/mol. The molecule has 2 atom stereocenters. The lowest BCUT2D eigenvalue weighted by molar-refractivity contribution is 0.0290. The summed E-state index contributed by atoms with van der Waals surface area (Å²) in [7, 11) is 0. The highest BCUT2D eigenvalue weighted by atomic mass is 32.1. The smallest absolute Gasteiger partial charge is 0.265 e. The van der Waals surface area contributed by atoms with E-state index >= 15 is 0 Å². The van der Waals surface area contributed by atoms with Gasteiger partial charge in [-0.1, -0.05) is 11.8 Å². The van der Waals surface area contributed by atoms with E-state index in [2.05, 4.69) is 11.8 Å². The van der Waals surface area contributed by atoms with Crippen LogP contribution in [0.5, 0.6) is 0 Å². The molecule has 2 N–H and O–H groups in total. The van der Waals surface area contributed by atoms with E-state index in [1.165, 1.54) is 11.3 Å². The van der Waals surface area contributed by atoms with E-state index < -0.39 is 0 Å². The third-order valence-corrected chi connectivity index (χ3v) is 5.16. The number of hydrogen-bond donors (Lipinski definition) is 2. The molecule has 0 saturated carbocycles. The number of carbonyl (C=O) groups excluding carboxylic acids is 1. The Morgan fingerprint density at radius 3 is 2.76 bits per heavy atom. The second-order valence-electron chi connectivity index (χ2n) is 5.66. The molecule has 1 aromatic rings. The van der Waals surface area contributed by atoms with E-state index in [0.29, 0.717) is 24.1 Å². The van der Waals surface area contributed by atoms with Crippen LogP contribution in [0.25, 0.3) is 0 Å². The Morgan fingerprint density at radius 2 is 2.10 bits per heavy atom. The molecule has 0 radical (unpaired) electrons. The second-order valence-corrected chi connectivity index (χ2v) is 6.58. The van der Waals surface area contributed by atoms with Gasteiger partial charge in [0, 0.05) is 24.1 Å². The third kappa shape index (κ3) is 2.84. The van der Waals surface area contributed by atoms with Gasteiger partial charge in [-0.3, -0.25) is 4.79 Å². The van der Waals surface area contributed by atoms with E-state index in [-0.39, 0.29) is 30.7 Å². The maximum absolute atomic E-state index is 12.8. The fraction of sp³-hybridized carbons (Fsp3) is 0.562. The van der Waals surface area contributed by atoms with E-state index in [1.807, 2.05) is 16.3 Å². The number of piperidine rings is 1. The molecule has 3 rings (SSSR count). The van der Waals surface area contributed by atoms with Crippen molar-refractivity contribution in [2.75, 3.05) is 6.61 Å². The summed E-state index contributed by atoms with van der Waals surface area (Å²) in [5.74, 6) is 5.91. The zero-order chi connectivity index (χ0) is 14.8. The van der Waals surface area contributed by atoms with Crippen molar-refractivity contribution in [1.82, 2.24) is 4.90 Å². The molecule has 21 heavy (non-hydrogen) atoms. The maximum Gasteiger partial charge on any atom is 0.265 e. The number of hydrogen-bond acceptors (Lipinski definition) is 4. The predicted octanol–water partition coefficient (Wildman–Crippen LogP) is 1.61. The van der Waals surface area contributed by atoms with Crippen molar-refractivity contribution in [3.63, 3.8) is 0 Å². The van der Waals surface area contributed by atoms with Crippen LogP contribution in [0.2, 0.25) is 0 Å². The number of aliphatic hydroxyl groups excluding tert-OH is 2.